The van der Waals surface area contributed by atoms with Gasteiger partial charge in [0.2, 0.25) is 15.9 Å². The molecule has 26 heavy (non-hydrogen) atoms. The highest BCUT2D eigenvalue weighted by atomic mass is 32.2. The minimum Gasteiger partial charge on any atom is -0.337 e. The van der Waals surface area contributed by atoms with Crippen molar-refractivity contribution in [3.63, 3.8) is 0 Å². The summed E-state index contributed by atoms with van der Waals surface area (Å²) in [6.45, 7) is 9.88. The normalized spacial score (nSPS) is 17.0. The Kier molecular flexibility index (Phi) is 6.76. The monoisotopic (exact) mass is 385 g/mol. The molecule has 6 nitrogen and oxygen atoms in total. The molecule has 1 fully saturated rings. The lowest BCUT2D eigenvalue weighted by molar-refractivity contribution is -0.136. The number of nitrogens with zero attached hydrogens (tertiary/aromatic N) is 3. The number of hydrogen-bond donors (Lipinski definition) is 0. The van der Waals surface area contributed by atoms with Crippen LogP contribution in [0.4, 0.5) is 4.39 Å². The zero-order valence-electron chi connectivity index (χ0n) is 15.9. The van der Waals surface area contributed by atoms with E-state index in [9.17, 15) is 17.6 Å². The standard InChI is InChI=1S/C18H28FN3O3S/c1-14(2)22(15(3)4)18(23)13-20-9-11-21(12-10-20)26(24,25)17-7-5-16(19)6-8-17/h5-8,14-15H,9-13H2,1-4H3. The van der Waals surface area contributed by atoms with Gasteiger partial charge in [0, 0.05) is 38.3 Å². The van der Waals surface area contributed by atoms with Crippen molar-refractivity contribution in [1.82, 2.24) is 14.1 Å². The fourth-order valence-corrected chi connectivity index (χ4v) is 4.75. The third-order valence-corrected chi connectivity index (χ3v) is 6.46. The topological polar surface area (TPSA) is 60.9 Å². The van der Waals surface area contributed by atoms with E-state index < -0.39 is 15.8 Å². The molecule has 1 aliphatic heterocycles. The lowest BCUT2D eigenvalue weighted by Crippen LogP contribution is -2.53. The molecule has 0 saturated carbocycles. The van der Waals surface area contributed by atoms with Gasteiger partial charge in [0.05, 0.1) is 11.4 Å². The zero-order chi connectivity index (χ0) is 19.5. The highest BCUT2D eigenvalue weighted by molar-refractivity contribution is 7.89. The molecular weight excluding hydrogens is 357 g/mol. The molecule has 0 bridgehead atoms. The van der Waals surface area contributed by atoms with Crippen molar-refractivity contribution in [2.75, 3.05) is 32.7 Å². The Labute approximate surface area is 155 Å². The van der Waals surface area contributed by atoms with Gasteiger partial charge in [-0.3, -0.25) is 9.69 Å². The largest absolute Gasteiger partial charge is 0.337 e. The SMILES string of the molecule is CC(C)N(C(=O)CN1CCN(S(=O)(=O)c2ccc(F)cc2)CC1)C(C)C. The fourth-order valence-electron chi connectivity index (χ4n) is 3.33. The summed E-state index contributed by atoms with van der Waals surface area (Å²) in [5.74, 6) is -0.406. The summed E-state index contributed by atoms with van der Waals surface area (Å²) in [5.41, 5.74) is 0. The first-order valence-corrected chi connectivity index (χ1v) is 10.4. The number of carbonyl (C=O) groups is 1. The summed E-state index contributed by atoms with van der Waals surface area (Å²) in [5, 5.41) is 0. The van der Waals surface area contributed by atoms with Gasteiger partial charge in [-0.1, -0.05) is 0 Å². The molecule has 2 rings (SSSR count). The molecule has 1 amide bonds. The second kappa shape index (κ2) is 8.45. The van der Waals surface area contributed by atoms with Crippen molar-refractivity contribution in [3.8, 4) is 0 Å². The van der Waals surface area contributed by atoms with Gasteiger partial charge < -0.3 is 4.90 Å². The molecule has 1 aromatic carbocycles. The predicted molar refractivity (Wildman–Crippen MR) is 98.7 cm³/mol. The van der Waals surface area contributed by atoms with E-state index in [1.807, 2.05) is 37.5 Å². The molecule has 0 aliphatic carbocycles. The third-order valence-electron chi connectivity index (χ3n) is 4.54. The van der Waals surface area contributed by atoms with Gasteiger partial charge in [0.15, 0.2) is 0 Å². The van der Waals surface area contributed by atoms with Gasteiger partial charge >= 0.3 is 0 Å². The lowest BCUT2D eigenvalue weighted by Gasteiger charge is -2.36. The van der Waals surface area contributed by atoms with Crippen molar-refractivity contribution in [2.24, 2.45) is 0 Å². The minimum absolute atomic E-state index is 0.0600. The maximum atomic E-state index is 13.0. The van der Waals surface area contributed by atoms with Crippen LogP contribution in [0.2, 0.25) is 0 Å². The predicted octanol–water partition coefficient (Wildman–Crippen LogP) is 1.78. The molecule has 0 atom stereocenters. The maximum Gasteiger partial charge on any atom is 0.243 e. The van der Waals surface area contributed by atoms with Crippen LogP contribution in [0.15, 0.2) is 29.2 Å². The second-order valence-electron chi connectivity index (χ2n) is 7.12. The number of benzene rings is 1. The van der Waals surface area contributed by atoms with Gasteiger partial charge in [-0.15, -0.1) is 0 Å². The van der Waals surface area contributed by atoms with E-state index in [0.717, 1.165) is 12.1 Å². The van der Waals surface area contributed by atoms with Crippen LogP contribution >= 0.6 is 0 Å². The van der Waals surface area contributed by atoms with Crippen molar-refractivity contribution in [2.45, 2.75) is 44.7 Å². The van der Waals surface area contributed by atoms with Crippen molar-refractivity contribution in [1.29, 1.82) is 0 Å². The summed E-state index contributed by atoms with van der Waals surface area (Å²) in [7, 11) is -3.63. The summed E-state index contributed by atoms with van der Waals surface area (Å²) in [4.78, 5) is 16.5. The van der Waals surface area contributed by atoms with Crippen LogP contribution in [0, 0.1) is 5.82 Å². The van der Waals surface area contributed by atoms with Crippen LogP contribution in [0.1, 0.15) is 27.7 Å². The molecule has 1 aliphatic rings. The average molecular weight is 386 g/mol. The summed E-state index contributed by atoms with van der Waals surface area (Å²) in [6.07, 6.45) is 0. The molecule has 0 spiro atoms. The van der Waals surface area contributed by atoms with E-state index in [1.54, 1.807) is 0 Å². The number of halogens is 1. The molecule has 1 aromatic rings. The Hall–Kier alpha value is -1.51. The fraction of sp³-hybridized carbons (Fsp3) is 0.611. The third kappa shape index (κ3) is 4.81. The Morgan fingerprint density at radius 2 is 1.54 bits per heavy atom. The molecule has 0 radical (unpaired) electrons. The minimum atomic E-state index is -3.63. The lowest BCUT2D eigenvalue weighted by atomic mass is 10.2. The number of piperazine rings is 1. The Morgan fingerprint density at radius 1 is 1.04 bits per heavy atom. The molecule has 1 heterocycles. The number of hydrogen-bond acceptors (Lipinski definition) is 4. The molecule has 8 heteroatoms. The number of rotatable bonds is 6. The average Bonchev–Trinajstić information content (AvgIpc) is 2.55. The van der Waals surface area contributed by atoms with E-state index >= 15 is 0 Å². The van der Waals surface area contributed by atoms with Gasteiger partial charge in [0.25, 0.3) is 0 Å². The van der Waals surface area contributed by atoms with Crippen LogP contribution in [-0.2, 0) is 14.8 Å². The first-order chi connectivity index (χ1) is 12.1. The zero-order valence-corrected chi connectivity index (χ0v) is 16.7. The van der Waals surface area contributed by atoms with Crippen LogP contribution in [-0.4, -0.2) is 73.2 Å². The molecule has 0 aromatic heterocycles. The molecule has 146 valence electrons. The number of amides is 1. The van der Waals surface area contributed by atoms with Crippen LogP contribution in [0.5, 0.6) is 0 Å². The van der Waals surface area contributed by atoms with Crippen molar-refractivity contribution >= 4 is 15.9 Å². The van der Waals surface area contributed by atoms with E-state index in [-0.39, 0.29) is 22.9 Å². The molecule has 0 N–H and O–H groups in total. The van der Waals surface area contributed by atoms with Gasteiger partial charge in [-0.05, 0) is 52.0 Å². The van der Waals surface area contributed by atoms with E-state index in [4.69, 9.17) is 0 Å². The highest BCUT2D eigenvalue weighted by Crippen LogP contribution is 2.18. The number of sulfonamides is 1. The van der Waals surface area contributed by atoms with Gasteiger partial charge in [0.1, 0.15) is 5.82 Å². The Bertz CT molecular complexity index is 704. The second-order valence-corrected chi connectivity index (χ2v) is 9.06. The van der Waals surface area contributed by atoms with Crippen LogP contribution in [0.3, 0.4) is 0 Å². The number of carbonyl (C=O) groups excluding carboxylic acids is 1. The van der Waals surface area contributed by atoms with Gasteiger partial charge in [-0.25, -0.2) is 12.8 Å². The quantitative estimate of drug-likeness (QED) is 0.749. The maximum absolute atomic E-state index is 13.0. The summed E-state index contributed by atoms with van der Waals surface area (Å²) < 4.78 is 39.7. The van der Waals surface area contributed by atoms with Crippen molar-refractivity contribution in [3.05, 3.63) is 30.1 Å². The highest BCUT2D eigenvalue weighted by Gasteiger charge is 2.30. The van der Waals surface area contributed by atoms with E-state index in [1.165, 1.54) is 16.4 Å². The Morgan fingerprint density at radius 3 is 2.00 bits per heavy atom. The smallest absolute Gasteiger partial charge is 0.243 e. The van der Waals surface area contributed by atoms with Crippen LogP contribution < -0.4 is 0 Å². The van der Waals surface area contributed by atoms with E-state index in [2.05, 4.69) is 0 Å². The Balaban J connectivity index is 1.96. The van der Waals surface area contributed by atoms with Gasteiger partial charge in [-0.2, -0.15) is 4.31 Å². The molecule has 1 saturated heterocycles. The molecular formula is C18H28FN3O3S. The van der Waals surface area contributed by atoms with Crippen LogP contribution in [0.25, 0.3) is 0 Å². The molecule has 0 unspecified atom stereocenters. The first kappa shape index (κ1) is 20.8. The van der Waals surface area contributed by atoms with Crippen molar-refractivity contribution < 1.29 is 17.6 Å². The summed E-state index contributed by atoms with van der Waals surface area (Å²) >= 11 is 0. The first-order valence-electron chi connectivity index (χ1n) is 8.92. The van der Waals surface area contributed by atoms with E-state index in [0.29, 0.717) is 32.7 Å². The summed E-state index contributed by atoms with van der Waals surface area (Å²) in [6, 6.07) is 5.11.